The van der Waals surface area contributed by atoms with Gasteiger partial charge < -0.3 is 16.4 Å². The summed E-state index contributed by atoms with van der Waals surface area (Å²) >= 11 is 5.76. The second-order valence-corrected chi connectivity index (χ2v) is 8.50. The fraction of sp³-hybridized carbons (Fsp3) is 0.360. The Morgan fingerprint density at radius 2 is 1.37 bits per heavy atom. The molecule has 0 saturated carbocycles. The van der Waals surface area contributed by atoms with Gasteiger partial charge in [0.15, 0.2) is 5.78 Å². The molecule has 9 N–H and O–H groups in total. The molecular formula is C25H34ClN6O3+. The van der Waals surface area contributed by atoms with E-state index < -0.39 is 29.9 Å². The van der Waals surface area contributed by atoms with Crippen molar-refractivity contribution in [2.75, 3.05) is 12.4 Å². The summed E-state index contributed by atoms with van der Waals surface area (Å²) in [6, 6.07) is 16.1. The zero-order valence-corrected chi connectivity index (χ0v) is 20.3. The van der Waals surface area contributed by atoms with Crippen LogP contribution in [0.3, 0.4) is 0 Å². The van der Waals surface area contributed by atoms with Gasteiger partial charge in [-0.15, -0.1) is 11.6 Å². The molecule has 0 unspecified atom stereocenters. The van der Waals surface area contributed by atoms with Crippen LogP contribution in [0.1, 0.15) is 24.0 Å². The fourth-order valence-electron chi connectivity index (χ4n) is 3.52. The van der Waals surface area contributed by atoms with Gasteiger partial charge in [-0.05, 0) is 30.4 Å². The number of nitrogens with two attached hydrogens (primary N) is 3. The van der Waals surface area contributed by atoms with Crippen LogP contribution < -0.4 is 32.8 Å². The van der Waals surface area contributed by atoms with Crippen LogP contribution in [-0.2, 0) is 27.2 Å². The number of Topliss-reactive ketones (excluding diaryl/α,β-unsaturated/α-hetero) is 1. The van der Waals surface area contributed by atoms with E-state index in [1.165, 1.54) is 0 Å². The van der Waals surface area contributed by atoms with Crippen LogP contribution in [0.2, 0.25) is 0 Å². The van der Waals surface area contributed by atoms with Crippen LogP contribution in [0.25, 0.3) is 0 Å². The van der Waals surface area contributed by atoms with E-state index in [0.717, 1.165) is 11.1 Å². The molecule has 2 aromatic rings. The molecule has 35 heavy (non-hydrogen) atoms. The number of guanidine groups is 1. The van der Waals surface area contributed by atoms with Crippen molar-refractivity contribution in [3.05, 3.63) is 71.8 Å². The van der Waals surface area contributed by atoms with Gasteiger partial charge in [-0.2, -0.15) is 0 Å². The summed E-state index contributed by atoms with van der Waals surface area (Å²) in [5.74, 6) is -1.44. The van der Waals surface area contributed by atoms with Crippen LogP contribution in [0.15, 0.2) is 60.7 Å². The summed E-state index contributed by atoms with van der Waals surface area (Å²) in [5, 5.41) is 5.51. The average Bonchev–Trinajstić information content (AvgIpc) is 2.85. The Morgan fingerprint density at radius 3 is 1.91 bits per heavy atom. The first kappa shape index (κ1) is 27.8. The van der Waals surface area contributed by atoms with Gasteiger partial charge in [0.2, 0.25) is 11.8 Å². The summed E-state index contributed by atoms with van der Waals surface area (Å²) in [5.41, 5.74) is 18.7. The summed E-state index contributed by atoms with van der Waals surface area (Å²) in [6.07, 6.45) is 1.41. The van der Waals surface area contributed by atoms with Crippen LogP contribution >= 0.6 is 11.6 Å². The third kappa shape index (κ3) is 10.2. The highest BCUT2D eigenvalue weighted by Crippen LogP contribution is 2.08. The zero-order valence-electron chi connectivity index (χ0n) is 19.6. The summed E-state index contributed by atoms with van der Waals surface area (Å²) in [4.78, 5) is 41.2. The molecule has 0 aromatic heterocycles. The van der Waals surface area contributed by atoms with Crippen molar-refractivity contribution in [1.29, 1.82) is 0 Å². The Bertz CT molecular complexity index is 983. The monoisotopic (exact) mass is 501 g/mol. The van der Waals surface area contributed by atoms with Crippen LogP contribution in [0.4, 0.5) is 0 Å². The molecule has 0 saturated heterocycles. The number of ketones is 1. The first-order valence-electron chi connectivity index (χ1n) is 11.4. The number of benzene rings is 2. The number of nitrogens with one attached hydrogen (secondary N) is 3. The molecule has 0 heterocycles. The summed E-state index contributed by atoms with van der Waals surface area (Å²) in [6.45, 7) is 0.433. The quantitative estimate of drug-likeness (QED) is 0.0814. The number of halogens is 1. The van der Waals surface area contributed by atoms with E-state index in [4.69, 9.17) is 28.8 Å². The Hall–Kier alpha value is -3.43. The summed E-state index contributed by atoms with van der Waals surface area (Å²) in [7, 11) is 0. The van der Waals surface area contributed by atoms with Gasteiger partial charge in [0.1, 0.15) is 6.04 Å². The van der Waals surface area contributed by atoms with E-state index in [0.29, 0.717) is 25.8 Å². The van der Waals surface area contributed by atoms with Crippen LogP contribution in [-0.4, -0.2) is 54.1 Å². The Kier molecular flexibility index (Phi) is 11.7. The van der Waals surface area contributed by atoms with Crippen molar-refractivity contribution in [3.63, 3.8) is 0 Å². The molecule has 0 bridgehead atoms. The van der Waals surface area contributed by atoms with E-state index in [1.807, 2.05) is 60.7 Å². The molecule has 0 aliphatic carbocycles. The van der Waals surface area contributed by atoms with E-state index in [-0.39, 0.29) is 24.0 Å². The fourth-order valence-corrected chi connectivity index (χ4v) is 3.70. The first-order valence-corrected chi connectivity index (χ1v) is 12.0. The molecule has 2 amide bonds. The molecular weight excluding hydrogens is 468 g/mol. The average molecular weight is 502 g/mol. The Morgan fingerprint density at radius 1 is 0.829 bits per heavy atom. The van der Waals surface area contributed by atoms with E-state index in [1.54, 1.807) is 0 Å². The van der Waals surface area contributed by atoms with Crippen molar-refractivity contribution in [2.24, 2.45) is 17.2 Å². The van der Waals surface area contributed by atoms with E-state index >= 15 is 0 Å². The smallest absolute Gasteiger partial charge is 0.338 e. The molecule has 0 aliphatic rings. The SMILES string of the molecule is NC(N)=[NH+]CCC[C@H](NC(=O)[C@H](Cc1ccccc1)NC(=O)[C@H](N)Cc1ccccc1)C(=O)CCl. The van der Waals surface area contributed by atoms with Crippen LogP contribution in [0.5, 0.6) is 0 Å². The predicted octanol–water partition coefficient (Wildman–Crippen LogP) is -1.29. The normalized spacial score (nSPS) is 13.2. The molecule has 0 spiro atoms. The topological polar surface area (TPSA) is 167 Å². The summed E-state index contributed by atoms with van der Waals surface area (Å²) < 4.78 is 0. The van der Waals surface area contributed by atoms with Crippen molar-refractivity contribution in [2.45, 2.75) is 43.8 Å². The minimum Gasteiger partial charge on any atom is -0.344 e. The molecule has 3 atom stereocenters. The maximum absolute atomic E-state index is 13.2. The molecule has 0 aliphatic heterocycles. The highest BCUT2D eigenvalue weighted by atomic mass is 35.5. The lowest BCUT2D eigenvalue weighted by molar-refractivity contribution is -0.459. The Labute approximate surface area is 210 Å². The van der Waals surface area contributed by atoms with Gasteiger partial charge >= 0.3 is 5.96 Å². The lowest BCUT2D eigenvalue weighted by Crippen LogP contribution is -2.78. The highest BCUT2D eigenvalue weighted by molar-refractivity contribution is 6.28. The molecule has 2 aromatic carbocycles. The van der Waals surface area contributed by atoms with Gasteiger partial charge in [0.05, 0.1) is 24.5 Å². The van der Waals surface area contributed by atoms with Gasteiger partial charge in [0, 0.05) is 6.42 Å². The van der Waals surface area contributed by atoms with E-state index in [2.05, 4.69) is 15.6 Å². The molecule has 0 radical (unpaired) electrons. The second kappa shape index (κ2) is 14.7. The number of carbonyl (C=O) groups excluding carboxylic acids is 3. The third-order valence-corrected chi connectivity index (χ3v) is 5.65. The minimum atomic E-state index is -0.927. The maximum Gasteiger partial charge on any atom is 0.338 e. The van der Waals surface area contributed by atoms with Gasteiger partial charge in [-0.25, -0.2) is 0 Å². The minimum absolute atomic E-state index is 0.0757. The maximum atomic E-state index is 13.2. The zero-order chi connectivity index (χ0) is 25.6. The first-order chi connectivity index (χ1) is 16.8. The number of amides is 2. The number of hydrogen-bond donors (Lipinski definition) is 6. The molecule has 9 nitrogen and oxygen atoms in total. The van der Waals surface area contributed by atoms with Crippen molar-refractivity contribution in [3.8, 4) is 0 Å². The lowest BCUT2D eigenvalue weighted by Gasteiger charge is -2.24. The highest BCUT2D eigenvalue weighted by Gasteiger charge is 2.28. The van der Waals surface area contributed by atoms with Crippen molar-refractivity contribution < 1.29 is 19.4 Å². The van der Waals surface area contributed by atoms with E-state index in [9.17, 15) is 14.4 Å². The van der Waals surface area contributed by atoms with Gasteiger partial charge in [-0.1, -0.05) is 60.7 Å². The van der Waals surface area contributed by atoms with Crippen molar-refractivity contribution in [1.82, 2.24) is 10.6 Å². The predicted molar refractivity (Wildman–Crippen MR) is 136 cm³/mol. The number of carbonyl (C=O) groups is 3. The largest absolute Gasteiger partial charge is 0.344 e. The molecule has 188 valence electrons. The lowest BCUT2D eigenvalue weighted by atomic mass is 10.0. The standard InChI is InChI=1S/C25H33ClN6O3/c26-16-22(33)20(12-7-13-30-25(28)29)31-24(35)21(15-18-10-5-2-6-11-18)32-23(34)19(27)14-17-8-3-1-4-9-17/h1-6,8-11,19-21H,7,12-16,27H2,(H,31,35)(H,32,34)(H4,28,29,30)/p+1/t19-,20+,21+/m1/s1. The molecule has 10 heteroatoms. The van der Waals surface area contributed by atoms with Crippen LogP contribution in [0, 0.1) is 0 Å². The number of rotatable bonds is 14. The second-order valence-electron chi connectivity index (χ2n) is 8.23. The Balaban J connectivity index is 2.11. The third-order valence-electron chi connectivity index (χ3n) is 5.39. The molecule has 2 rings (SSSR count). The number of alkyl halides is 1. The van der Waals surface area contributed by atoms with Gasteiger partial charge in [0.25, 0.3) is 0 Å². The van der Waals surface area contributed by atoms with Crippen molar-refractivity contribution >= 4 is 35.2 Å². The van der Waals surface area contributed by atoms with Gasteiger partial charge in [-0.3, -0.25) is 30.8 Å². The molecule has 0 fully saturated rings. The number of hydrogen-bond acceptors (Lipinski definition) is 4.